The Labute approximate surface area is 171 Å². The zero-order valence-electron chi connectivity index (χ0n) is 17.6. The number of carbonyl (C=O) groups excluding carboxylic acids is 2. The summed E-state index contributed by atoms with van der Waals surface area (Å²) in [6, 6.07) is 7.57. The quantitative estimate of drug-likeness (QED) is 0.653. The minimum Gasteiger partial charge on any atom is -0.443 e. The highest BCUT2D eigenvalue weighted by atomic mass is 32.2. The Morgan fingerprint density at radius 3 is 1.68 bits per heavy atom. The van der Waals surface area contributed by atoms with Gasteiger partial charge < -0.3 is 9.47 Å². The monoisotopic (exact) mass is 407 g/mol. The van der Waals surface area contributed by atoms with Crippen LogP contribution in [0.5, 0.6) is 0 Å². The van der Waals surface area contributed by atoms with E-state index < -0.39 is 23.4 Å². The van der Waals surface area contributed by atoms with Crippen LogP contribution in [0, 0.1) is 0 Å². The number of carbonyl (C=O) groups is 2. The van der Waals surface area contributed by atoms with Crippen LogP contribution in [-0.4, -0.2) is 58.5 Å². The number of aliphatic imine (C=N–C) groups is 1. The van der Waals surface area contributed by atoms with Crippen LogP contribution in [0.25, 0.3) is 0 Å². The maximum absolute atomic E-state index is 12.7. The van der Waals surface area contributed by atoms with Gasteiger partial charge >= 0.3 is 12.2 Å². The molecule has 2 amide bonds. The lowest BCUT2D eigenvalue weighted by Crippen LogP contribution is -2.44. The Balaban J connectivity index is 2.36. The molecule has 1 aliphatic heterocycles. The smallest absolute Gasteiger partial charge is 0.417 e. The first-order chi connectivity index (χ1) is 12.9. The SMILES string of the molecule is CSc1ccc(N=C2N(C(=O)OC(C)(C)C)CCN2C(=O)OC(C)(C)C)cc1. The van der Waals surface area contributed by atoms with Crippen LogP contribution in [0.3, 0.4) is 0 Å². The van der Waals surface area contributed by atoms with Crippen LogP contribution >= 0.6 is 11.8 Å². The lowest BCUT2D eigenvalue weighted by Gasteiger charge is -2.27. The van der Waals surface area contributed by atoms with Gasteiger partial charge in [-0.2, -0.15) is 0 Å². The van der Waals surface area contributed by atoms with Crippen molar-refractivity contribution in [2.24, 2.45) is 4.99 Å². The second kappa shape index (κ2) is 8.43. The van der Waals surface area contributed by atoms with E-state index in [1.54, 1.807) is 53.3 Å². The van der Waals surface area contributed by atoms with E-state index in [2.05, 4.69) is 4.99 Å². The van der Waals surface area contributed by atoms with Crippen LogP contribution in [-0.2, 0) is 9.47 Å². The van der Waals surface area contributed by atoms with E-state index in [-0.39, 0.29) is 19.0 Å². The van der Waals surface area contributed by atoms with Gasteiger partial charge in [-0.25, -0.2) is 24.4 Å². The molecule has 0 unspecified atom stereocenters. The predicted molar refractivity (Wildman–Crippen MR) is 111 cm³/mol. The summed E-state index contributed by atoms with van der Waals surface area (Å²) in [5.41, 5.74) is -0.667. The molecule has 0 aromatic heterocycles. The molecule has 1 aromatic rings. The molecule has 0 radical (unpaired) electrons. The second-order valence-electron chi connectivity index (χ2n) is 8.37. The Hall–Kier alpha value is -2.22. The first kappa shape index (κ1) is 22.1. The maximum atomic E-state index is 12.7. The average Bonchev–Trinajstić information content (AvgIpc) is 2.96. The molecule has 2 rings (SSSR count). The van der Waals surface area contributed by atoms with E-state index in [0.717, 1.165) is 4.90 Å². The molecule has 0 N–H and O–H groups in total. The summed E-state index contributed by atoms with van der Waals surface area (Å²) in [5, 5.41) is 0. The van der Waals surface area contributed by atoms with E-state index in [1.165, 1.54) is 9.80 Å². The van der Waals surface area contributed by atoms with Gasteiger partial charge in [0, 0.05) is 4.90 Å². The van der Waals surface area contributed by atoms with Crippen LogP contribution in [0.1, 0.15) is 41.5 Å². The highest BCUT2D eigenvalue weighted by Gasteiger charge is 2.39. The molecule has 0 bridgehead atoms. The fourth-order valence-electron chi connectivity index (χ4n) is 2.42. The van der Waals surface area contributed by atoms with Crippen LogP contribution < -0.4 is 0 Å². The molecule has 1 heterocycles. The zero-order valence-corrected chi connectivity index (χ0v) is 18.4. The minimum absolute atomic E-state index is 0.209. The highest BCUT2D eigenvalue weighted by Crippen LogP contribution is 2.24. The van der Waals surface area contributed by atoms with E-state index in [4.69, 9.17) is 9.47 Å². The van der Waals surface area contributed by atoms with Crippen molar-refractivity contribution in [3.05, 3.63) is 24.3 Å². The number of thioether (sulfide) groups is 1. The predicted octanol–water partition coefficient (Wildman–Crippen LogP) is 4.88. The lowest BCUT2D eigenvalue weighted by molar-refractivity contribution is 0.0375. The number of guanidine groups is 1. The third kappa shape index (κ3) is 6.15. The van der Waals surface area contributed by atoms with Crippen molar-refractivity contribution in [3.8, 4) is 0 Å². The minimum atomic E-state index is -0.651. The van der Waals surface area contributed by atoms with Crippen molar-refractivity contribution in [2.45, 2.75) is 57.6 Å². The standard InChI is InChI=1S/C20H29N3O4S/c1-19(2,3)26-17(24)22-12-13-23(18(25)27-20(4,5)6)16(22)21-14-8-10-15(28-7)11-9-14/h8-11H,12-13H2,1-7H3. The van der Waals surface area contributed by atoms with Gasteiger partial charge in [0.05, 0.1) is 18.8 Å². The summed E-state index contributed by atoms with van der Waals surface area (Å²) >= 11 is 1.63. The number of benzene rings is 1. The Morgan fingerprint density at radius 2 is 1.32 bits per heavy atom. The Bertz CT molecular complexity index is 710. The average molecular weight is 408 g/mol. The molecule has 0 spiro atoms. The van der Waals surface area contributed by atoms with E-state index in [9.17, 15) is 9.59 Å². The first-order valence-electron chi connectivity index (χ1n) is 9.13. The first-order valence-corrected chi connectivity index (χ1v) is 10.4. The summed E-state index contributed by atoms with van der Waals surface area (Å²) in [7, 11) is 0. The van der Waals surface area contributed by atoms with Crippen molar-refractivity contribution in [2.75, 3.05) is 19.3 Å². The van der Waals surface area contributed by atoms with Crippen molar-refractivity contribution in [1.82, 2.24) is 9.80 Å². The zero-order chi connectivity index (χ0) is 21.1. The molecule has 0 saturated carbocycles. The molecule has 8 heteroatoms. The summed E-state index contributed by atoms with van der Waals surface area (Å²) in [6.45, 7) is 11.4. The number of ether oxygens (including phenoxy) is 2. The van der Waals surface area contributed by atoms with Gasteiger partial charge in [-0.15, -0.1) is 11.8 Å². The largest absolute Gasteiger partial charge is 0.443 e. The molecule has 1 aromatic carbocycles. The third-order valence-electron chi connectivity index (χ3n) is 3.56. The Morgan fingerprint density at radius 1 is 0.893 bits per heavy atom. The second-order valence-corrected chi connectivity index (χ2v) is 9.25. The van der Waals surface area contributed by atoms with E-state index in [0.29, 0.717) is 5.69 Å². The molecule has 1 aliphatic rings. The van der Waals surface area contributed by atoms with Crippen molar-refractivity contribution >= 4 is 35.6 Å². The molecular formula is C20H29N3O4S. The highest BCUT2D eigenvalue weighted by molar-refractivity contribution is 7.98. The van der Waals surface area contributed by atoms with Crippen LogP contribution in [0.15, 0.2) is 34.2 Å². The van der Waals surface area contributed by atoms with Gasteiger partial charge in [-0.05, 0) is 72.1 Å². The summed E-state index contributed by atoms with van der Waals surface area (Å²) < 4.78 is 11.0. The van der Waals surface area contributed by atoms with Gasteiger partial charge in [0.15, 0.2) is 0 Å². The van der Waals surface area contributed by atoms with Gasteiger partial charge in [0.25, 0.3) is 0 Å². The molecule has 28 heavy (non-hydrogen) atoms. The van der Waals surface area contributed by atoms with Crippen molar-refractivity contribution in [3.63, 3.8) is 0 Å². The third-order valence-corrected chi connectivity index (χ3v) is 4.30. The summed E-state index contributed by atoms with van der Waals surface area (Å²) in [6.07, 6.45) is 0.905. The lowest BCUT2D eigenvalue weighted by atomic mass is 10.2. The summed E-state index contributed by atoms with van der Waals surface area (Å²) in [4.78, 5) is 33.7. The summed E-state index contributed by atoms with van der Waals surface area (Å²) in [5.74, 6) is 0.209. The topological polar surface area (TPSA) is 71.4 Å². The van der Waals surface area contributed by atoms with Gasteiger partial charge in [0.2, 0.25) is 5.96 Å². The number of rotatable bonds is 2. The molecule has 1 fully saturated rings. The van der Waals surface area contributed by atoms with E-state index >= 15 is 0 Å². The number of nitrogens with zero attached hydrogens (tertiary/aromatic N) is 3. The van der Waals surface area contributed by atoms with Crippen molar-refractivity contribution < 1.29 is 19.1 Å². The molecule has 154 valence electrons. The van der Waals surface area contributed by atoms with Crippen molar-refractivity contribution in [1.29, 1.82) is 0 Å². The van der Waals surface area contributed by atoms with Gasteiger partial charge in [-0.3, -0.25) is 0 Å². The number of hydrogen-bond donors (Lipinski definition) is 0. The fraction of sp³-hybridized carbons (Fsp3) is 0.550. The normalized spacial score (nSPS) is 14.9. The van der Waals surface area contributed by atoms with Crippen LogP contribution in [0.2, 0.25) is 0 Å². The number of amides is 2. The molecule has 0 atom stereocenters. The molecular weight excluding hydrogens is 378 g/mol. The van der Waals surface area contributed by atoms with Crippen LogP contribution in [0.4, 0.5) is 15.3 Å². The molecule has 1 saturated heterocycles. The van der Waals surface area contributed by atoms with Gasteiger partial charge in [-0.1, -0.05) is 0 Å². The van der Waals surface area contributed by atoms with E-state index in [1.807, 2.05) is 30.5 Å². The number of hydrogen-bond acceptors (Lipinski definition) is 6. The molecule has 7 nitrogen and oxygen atoms in total. The maximum Gasteiger partial charge on any atom is 0.417 e. The Kier molecular flexibility index (Phi) is 6.64. The fourth-order valence-corrected chi connectivity index (χ4v) is 2.83. The van der Waals surface area contributed by atoms with Gasteiger partial charge in [0.1, 0.15) is 11.2 Å². The molecule has 0 aliphatic carbocycles.